The van der Waals surface area contributed by atoms with Gasteiger partial charge in [0.25, 0.3) is 0 Å². The number of hydrogen-bond acceptors (Lipinski definition) is 1. The molecule has 0 spiro atoms. The average Bonchev–Trinajstić information content (AvgIpc) is 2.07. The zero-order valence-corrected chi connectivity index (χ0v) is 9.06. The average molecular weight is 199 g/mol. The van der Waals surface area contributed by atoms with Crippen molar-refractivity contribution in [3.8, 4) is 5.75 Å². The highest BCUT2D eigenvalue weighted by Crippen LogP contribution is 2.21. The molecule has 0 aliphatic rings. The van der Waals surface area contributed by atoms with Crippen LogP contribution in [0.3, 0.4) is 0 Å². The van der Waals surface area contributed by atoms with E-state index < -0.39 is 0 Å². The van der Waals surface area contributed by atoms with Crippen molar-refractivity contribution in [2.75, 3.05) is 6.61 Å². The molecule has 1 aromatic rings. The lowest BCUT2D eigenvalue weighted by Gasteiger charge is -2.09. The highest BCUT2D eigenvalue weighted by Gasteiger charge is 1.99. The minimum atomic E-state index is 0.552. The molecule has 0 aliphatic carbocycles. The van der Waals surface area contributed by atoms with Crippen LogP contribution in [0.25, 0.3) is 0 Å². The van der Waals surface area contributed by atoms with E-state index in [9.17, 15) is 0 Å². The van der Waals surface area contributed by atoms with E-state index in [0.29, 0.717) is 5.92 Å². The predicted molar refractivity (Wildman–Crippen MR) is 56.5 cm³/mol. The van der Waals surface area contributed by atoms with Crippen LogP contribution in [0.1, 0.15) is 19.4 Å². The van der Waals surface area contributed by atoms with Crippen LogP contribution in [0.4, 0.5) is 0 Å². The highest BCUT2D eigenvalue weighted by atomic mass is 35.5. The minimum absolute atomic E-state index is 0.552. The Morgan fingerprint density at radius 2 is 2.08 bits per heavy atom. The molecule has 0 amide bonds. The van der Waals surface area contributed by atoms with Crippen molar-refractivity contribution in [2.24, 2.45) is 5.92 Å². The Kier molecular flexibility index (Phi) is 3.61. The zero-order valence-electron chi connectivity index (χ0n) is 8.30. The van der Waals surface area contributed by atoms with Crippen LogP contribution in [0.15, 0.2) is 18.2 Å². The molecule has 0 bridgehead atoms. The molecule has 0 saturated heterocycles. The van der Waals surface area contributed by atoms with Crippen LogP contribution in [-0.4, -0.2) is 6.61 Å². The van der Waals surface area contributed by atoms with Gasteiger partial charge in [-0.1, -0.05) is 25.4 Å². The predicted octanol–water partition coefficient (Wildman–Crippen LogP) is 3.68. The van der Waals surface area contributed by atoms with E-state index in [-0.39, 0.29) is 0 Å². The smallest absolute Gasteiger partial charge is 0.119 e. The van der Waals surface area contributed by atoms with Crippen molar-refractivity contribution < 1.29 is 4.74 Å². The van der Waals surface area contributed by atoms with Gasteiger partial charge in [-0.05, 0) is 36.6 Å². The first-order valence-electron chi connectivity index (χ1n) is 4.48. The number of ether oxygens (including phenoxy) is 1. The van der Waals surface area contributed by atoms with Crippen molar-refractivity contribution >= 4 is 11.6 Å². The number of halogens is 1. The number of benzene rings is 1. The van der Waals surface area contributed by atoms with E-state index >= 15 is 0 Å². The molecule has 0 heterocycles. The number of rotatable bonds is 3. The molecular formula is C11H15ClO. The summed E-state index contributed by atoms with van der Waals surface area (Å²) in [4.78, 5) is 0. The maximum absolute atomic E-state index is 5.89. The summed E-state index contributed by atoms with van der Waals surface area (Å²) in [5, 5.41) is 0.789. The molecular weight excluding hydrogens is 184 g/mol. The minimum Gasteiger partial charge on any atom is -0.493 e. The lowest BCUT2D eigenvalue weighted by atomic mass is 10.2. The third-order valence-corrected chi connectivity index (χ3v) is 2.14. The van der Waals surface area contributed by atoms with Crippen molar-refractivity contribution in [1.82, 2.24) is 0 Å². The molecule has 0 aromatic heterocycles. The maximum Gasteiger partial charge on any atom is 0.119 e. The first-order chi connectivity index (χ1) is 6.09. The molecule has 0 radical (unpaired) electrons. The number of aryl methyl sites for hydroxylation is 1. The molecule has 0 fully saturated rings. The first kappa shape index (κ1) is 10.4. The molecule has 1 nitrogen and oxygen atoms in total. The Morgan fingerprint density at radius 3 is 2.62 bits per heavy atom. The Hall–Kier alpha value is -0.690. The SMILES string of the molecule is Cc1cc(OCC(C)C)ccc1Cl. The fourth-order valence-corrected chi connectivity index (χ4v) is 1.09. The topological polar surface area (TPSA) is 9.23 Å². The second-order valence-corrected chi connectivity index (χ2v) is 4.02. The van der Waals surface area contributed by atoms with Gasteiger partial charge >= 0.3 is 0 Å². The standard InChI is InChI=1S/C11H15ClO/c1-8(2)7-13-10-4-5-11(12)9(3)6-10/h4-6,8H,7H2,1-3H3. The van der Waals surface area contributed by atoms with Crippen LogP contribution in [0.5, 0.6) is 5.75 Å². The summed E-state index contributed by atoms with van der Waals surface area (Å²) < 4.78 is 5.54. The van der Waals surface area contributed by atoms with Gasteiger partial charge in [-0.15, -0.1) is 0 Å². The lowest BCUT2D eigenvalue weighted by molar-refractivity contribution is 0.271. The first-order valence-corrected chi connectivity index (χ1v) is 4.86. The van der Waals surface area contributed by atoms with Gasteiger partial charge in [-0.3, -0.25) is 0 Å². The summed E-state index contributed by atoms with van der Waals surface area (Å²) in [5.41, 5.74) is 1.06. The van der Waals surface area contributed by atoms with Crippen LogP contribution in [0.2, 0.25) is 5.02 Å². The van der Waals surface area contributed by atoms with Gasteiger partial charge in [-0.25, -0.2) is 0 Å². The fraction of sp³-hybridized carbons (Fsp3) is 0.455. The van der Waals surface area contributed by atoms with Gasteiger partial charge in [0.2, 0.25) is 0 Å². The Balaban J connectivity index is 2.63. The molecule has 0 N–H and O–H groups in total. The van der Waals surface area contributed by atoms with Gasteiger partial charge in [0.1, 0.15) is 5.75 Å². The second-order valence-electron chi connectivity index (χ2n) is 3.62. The Labute approximate surface area is 84.7 Å². The molecule has 1 aromatic carbocycles. The quantitative estimate of drug-likeness (QED) is 0.720. The molecule has 72 valence electrons. The molecule has 2 heteroatoms. The second kappa shape index (κ2) is 4.52. The van der Waals surface area contributed by atoms with E-state index in [1.807, 2.05) is 25.1 Å². The normalized spacial score (nSPS) is 10.5. The van der Waals surface area contributed by atoms with Crippen LogP contribution >= 0.6 is 11.6 Å². The van der Waals surface area contributed by atoms with Crippen LogP contribution in [-0.2, 0) is 0 Å². The van der Waals surface area contributed by atoms with Crippen molar-refractivity contribution in [3.05, 3.63) is 28.8 Å². The van der Waals surface area contributed by atoms with Gasteiger partial charge in [-0.2, -0.15) is 0 Å². The van der Waals surface area contributed by atoms with Crippen molar-refractivity contribution in [3.63, 3.8) is 0 Å². The van der Waals surface area contributed by atoms with Gasteiger partial charge in [0, 0.05) is 5.02 Å². The van der Waals surface area contributed by atoms with Crippen LogP contribution in [0, 0.1) is 12.8 Å². The van der Waals surface area contributed by atoms with Gasteiger partial charge in [0.05, 0.1) is 6.61 Å². The molecule has 0 atom stereocenters. The van der Waals surface area contributed by atoms with E-state index in [4.69, 9.17) is 16.3 Å². The summed E-state index contributed by atoms with van der Waals surface area (Å²) >= 11 is 5.89. The molecule has 0 unspecified atom stereocenters. The third-order valence-electron chi connectivity index (χ3n) is 1.71. The van der Waals surface area contributed by atoms with Crippen LogP contribution < -0.4 is 4.74 Å². The van der Waals surface area contributed by atoms with Crippen molar-refractivity contribution in [2.45, 2.75) is 20.8 Å². The molecule has 0 saturated carbocycles. The van der Waals surface area contributed by atoms with E-state index in [0.717, 1.165) is 22.9 Å². The molecule has 13 heavy (non-hydrogen) atoms. The molecule has 1 rings (SSSR count). The number of hydrogen-bond donors (Lipinski definition) is 0. The summed E-state index contributed by atoms with van der Waals surface area (Å²) in [7, 11) is 0. The zero-order chi connectivity index (χ0) is 9.84. The maximum atomic E-state index is 5.89. The summed E-state index contributed by atoms with van der Waals surface area (Å²) in [6, 6.07) is 5.73. The molecule has 0 aliphatic heterocycles. The Morgan fingerprint density at radius 1 is 1.38 bits per heavy atom. The summed E-state index contributed by atoms with van der Waals surface area (Å²) in [6.45, 7) is 6.98. The third kappa shape index (κ3) is 3.27. The highest BCUT2D eigenvalue weighted by molar-refractivity contribution is 6.31. The van der Waals surface area contributed by atoms with Gasteiger partial charge < -0.3 is 4.74 Å². The summed E-state index contributed by atoms with van der Waals surface area (Å²) in [5.74, 6) is 1.45. The van der Waals surface area contributed by atoms with E-state index in [2.05, 4.69) is 13.8 Å². The van der Waals surface area contributed by atoms with E-state index in [1.165, 1.54) is 0 Å². The fourth-order valence-electron chi connectivity index (χ4n) is 0.970. The van der Waals surface area contributed by atoms with E-state index in [1.54, 1.807) is 0 Å². The van der Waals surface area contributed by atoms with Gasteiger partial charge in [0.15, 0.2) is 0 Å². The lowest BCUT2D eigenvalue weighted by Crippen LogP contribution is -2.04. The largest absolute Gasteiger partial charge is 0.493 e. The Bertz CT molecular complexity index is 281. The summed E-state index contributed by atoms with van der Waals surface area (Å²) in [6.07, 6.45) is 0. The monoisotopic (exact) mass is 198 g/mol. The van der Waals surface area contributed by atoms with Crippen molar-refractivity contribution in [1.29, 1.82) is 0 Å².